The predicted octanol–water partition coefficient (Wildman–Crippen LogP) is 6.77. The quantitative estimate of drug-likeness (QED) is 0.308. The van der Waals surface area contributed by atoms with Crippen molar-refractivity contribution >= 4 is 10.9 Å². The number of phenolic OH excluding ortho intramolecular Hbond substituents is 1. The summed E-state index contributed by atoms with van der Waals surface area (Å²) >= 11 is 0. The van der Waals surface area contributed by atoms with E-state index < -0.39 is 0 Å². The molecule has 5 rings (SSSR count). The number of aromatic hydroxyl groups is 1. The largest absolute Gasteiger partial charge is 0.508 e. The highest BCUT2D eigenvalue weighted by atomic mass is 16.5. The number of nitrogens with zero attached hydrogens (tertiary/aromatic N) is 1. The summed E-state index contributed by atoms with van der Waals surface area (Å²) in [5, 5.41) is 10.7. The van der Waals surface area contributed by atoms with Crippen molar-refractivity contribution in [2.24, 2.45) is 0 Å². The second kappa shape index (κ2) is 9.45. The summed E-state index contributed by atoms with van der Waals surface area (Å²) in [5.74, 6) is 1.65. The molecule has 0 bridgehead atoms. The van der Waals surface area contributed by atoms with Crippen molar-refractivity contribution in [2.45, 2.75) is 13.2 Å². The Kier molecular flexibility index (Phi) is 5.89. The summed E-state index contributed by atoms with van der Waals surface area (Å²) in [6.07, 6.45) is 0. The second-order valence-corrected chi connectivity index (χ2v) is 7.79. The van der Waals surface area contributed by atoms with Crippen LogP contribution in [0.5, 0.6) is 17.2 Å². The van der Waals surface area contributed by atoms with Crippen molar-refractivity contribution in [3.8, 4) is 28.4 Å². The van der Waals surface area contributed by atoms with E-state index in [0.717, 1.165) is 39.0 Å². The molecule has 0 aliphatic heterocycles. The molecule has 0 saturated carbocycles. The standard InChI is InChI=1S/C29H23NO3/c31-26-5-3-6-28(18-26)32-19-21-8-10-22(11-9-21)23-13-16-27(17-14-23)33-20-25-15-12-24-4-1-2-7-29(24)30-25/h1-18,31H,19-20H2. The Bertz CT molecular complexity index is 1360. The van der Waals surface area contributed by atoms with Crippen LogP contribution in [0.3, 0.4) is 0 Å². The van der Waals surface area contributed by atoms with Crippen LogP contribution >= 0.6 is 0 Å². The topological polar surface area (TPSA) is 51.6 Å². The number of phenols is 1. The smallest absolute Gasteiger partial charge is 0.130 e. The van der Waals surface area contributed by atoms with Crippen molar-refractivity contribution in [1.29, 1.82) is 0 Å². The van der Waals surface area contributed by atoms with Crippen molar-refractivity contribution in [2.75, 3.05) is 0 Å². The van der Waals surface area contributed by atoms with Crippen LogP contribution in [0.1, 0.15) is 11.3 Å². The maximum absolute atomic E-state index is 9.53. The summed E-state index contributed by atoms with van der Waals surface area (Å²) in [7, 11) is 0. The Morgan fingerprint density at radius 3 is 2.12 bits per heavy atom. The van der Waals surface area contributed by atoms with E-state index in [-0.39, 0.29) is 5.75 Å². The van der Waals surface area contributed by atoms with Crippen LogP contribution in [0.2, 0.25) is 0 Å². The zero-order valence-corrected chi connectivity index (χ0v) is 18.0. The van der Waals surface area contributed by atoms with Gasteiger partial charge in [-0.1, -0.05) is 66.7 Å². The van der Waals surface area contributed by atoms with Gasteiger partial charge in [-0.25, -0.2) is 4.98 Å². The highest BCUT2D eigenvalue weighted by Gasteiger charge is 2.03. The van der Waals surface area contributed by atoms with Gasteiger partial charge in [-0.3, -0.25) is 0 Å². The van der Waals surface area contributed by atoms with Gasteiger partial charge in [-0.2, -0.15) is 0 Å². The average Bonchev–Trinajstić information content (AvgIpc) is 2.87. The molecule has 4 aromatic carbocycles. The zero-order valence-electron chi connectivity index (χ0n) is 18.0. The molecule has 4 nitrogen and oxygen atoms in total. The van der Waals surface area contributed by atoms with Crippen LogP contribution in [0.25, 0.3) is 22.0 Å². The van der Waals surface area contributed by atoms with Crippen LogP contribution in [0.4, 0.5) is 0 Å². The fraction of sp³-hybridized carbons (Fsp3) is 0.0690. The summed E-state index contributed by atoms with van der Waals surface area (Å²) in [6.45, 7) is 0.872. The van der Waals surface area contributed by atoms with Crippen LogP contribution in [-0.2, 0) is 13.2 Å². The molecule has 1 aromatic heterocycles. The molecule has 0 saturated heterocycles. The molecule has 33 heavy (non-hydrogen) atoms. The SMILES string of the molecule is Oc1cccc(OCc2ccc(-c3ccc(OCc4ccc5ccccc5n4)cc3)cc2)c1. The fourth-order valence-electron chi connectivity index (χ4n) is 3.62. The average molecular weight is 434 g/mol. The van der Waals surface area contributed by atoms with Gasteiger partial charge < -0.3 is 14.6 Å². The van der Waals surface area contributed by atoms with Crippen molar-refractivity contribution in [3.63, 3.8) is 0 Å². The third-order valence-corrected chi connectivity index (χ3v) is 5.41. The number of benzene rings is 4. The lowest BCUT2D eigenvalue weighted by Crippen LogP contribution is -1.98. The van der Waals surface area contributed by atoms with E-state index in [9.17, 15) is 5.11 Å². The van der Waals surface area contributed by atoms with E-state index in [1.165, 1.54) is 0 Å². The molecule has 0 aliphatic carbocycles. The Labute approximate surface area is 192 Å². The monoisotopic (exact) mass is 433 g/mol. The molecule has 1 N–H and O–H groups in total. The van der Waals surface area contributed by atoms with Gasteiger partial charge in [0.2, 0.25) is 0 Å². The maximum atomic E-state index is 9.53. The van der Waals surface area contributed by atoms with Gasteiger partial charge in [0.05, 0.1) is 11.2 Å². The molecule has 0 fully saturated rings. The molecule has 0 unspecified atom stereocenters. The second-order valence-electron chi connectivity index (χ2n) is 7.79. The van der Waals surface area contributed by atoms with Gasteiger partial charge in [0.1, 0.15) is 30.5 Å². The van der Waals surface area contributed by atoms with Crippen molar-refractivity contribution < 1.29 is 14.6 Å². The minimum atomic E-state index is 0.198. The first-order valence-electron chi connectivity index (χ1n) is 10.8. The van der Waals surface area contributed by atoms with E-state index in [0.29, 0.717) is 19.0 Å². The number of para-hydroxylation sites is 1. The van der Waals surface area contributed by atoms with E-state index in [4.69, 9.17) is 9.47 Å². The van der Waals surface area contributed by atoms with Crippen molar-refractivity contribution in [3.05, 3.63) is 120 Å². The molecule has 0 spiro atoms. The first kappa shape index (κ1) is 20.6. The number of hydrogen-bond acceptors (Lipinski definition) is 4. The fourth-order valence-corrected chi connectivity index (χ4v) is 3.62. The van der Waals surface area contributed by atoms with E-state index in [1.54, 1.807) is 18.2 Å². The van der Waals surface area contributed by atoms with Gasteiger partial charge in [-0.15, -0.1) is 0 Å². The van der Waals surface area contributed by atoms with Gasteiger partial charge in [0.15, 0.2) is 0 Å². The first-order valence-corrected chi connectivity index (χ1v) is 10.8. The van der Waals surface area contributed by atoms with E-state index >= 15 is 0 Å². The zero-order chi connectivity index (χ0) is 22.5. The lowest BCUT2D eigenvalue weighted by molar-refractivity contribution is 0.302. The highest BCUT2D eigenvalue weighted by Crippen LogP contribution is 2.24. The van der Waals surface area contributed by atoms with Crippen LogP contribution in [0.15, 0.2) is 109 Å². The molecular weight excluding hydrogens is 410 g/mol. The summed E-state index contributed by atoms with van der Waals surface area (Å²) < 4.78 is 11.7. The molecule has 5 aromatic rings. The number of ether oxygens (including phenoxy) is 2. The van der Waals surface area contributed by atoms with Crippen LogP contribution in [-0.4, -0.2) is 10.1 Å². The Hall–Kier alpha value is -4.31. The third kappa shape index (κ3) is 5.13. The molecule has 162 valence electrons. The third-order valence-electron chi connectivity index (χ3n) is 5.41. The summed E-state index contributed by atoms with van der Waals surface area (Å²) in [6, 6.07) is 35.3. The van der Waals surface area contributed by atoms with Crippen LogP contribution in [0, 0.1) is 0 Å². The van der Waals surface area contributed by atoms with Gasteiger partial charge in [0, 0.05) is 11.5 Å². The Balaban J connectivity index is 1.19. The summed E-state index contributed by atoms with van der Waals surface area (Å²) in [5.41, 5.74) is 5.18. The molecule has 0 aliphatic rings. The predicted molar refractivity (Wildman–Crippen MR) is 130 cm³/mol. The summed E-state index contributed by atoms with van der Waals surface area (Å²) in [4.78, 5) is 4.65. The number of aromatic nitrogens is 1. The van der Waals surface area contributed by atoms with Crippen LogP contribution < -0.4 is 9.47 Å². The lowest BCUT2D eigenvalue weighted by Gasteiger charge is -2.09. The molecule has 4 heteroatoms. The number of fused-ring (bicyclic) bond motifs is 1. The van der Waals surface area contributed by atoms with Crippen molar-refractivity contribution in [1.82, 2.24) is 4.98 Å². The van der Waals surface area contributed by atoms with Gasteiger partial charge in [-0.05, 0) is 53.1 Å². The highest BCUT2D eigenvalue weighted by molar-refractivity contribution is 5.78. The molecule has 1 heterocycles. The normalized spacial score (nSPS) is 10.8. The maximum Gasteiger partial charge on any atom is 0.130 e. The van der Waals surface area contributed by atoms with Gasteiger partial charge >= 0.3 is 0 Å². The Morgan fingerprint density at radius 1 is 0.606 bits per heavy atom. The molecule has 0 amide bonds. The first-order chi connectivity index (χ1) is 16.2. The number of pyridine rings is 1. The Morgan fingerprint density at radius 2 is 1.33 bits per heavy atom. The van der Waals surface area contributed by atoms with E-state index in [1.807, 2.05) is 54.6 Å². The molecular formula is C29H23NO3. The molecule has 0 atom stereocenters. The van der Waals surface area contributed by atoms with E-state index in [2.05, 4.69) is 41.4 Å². The minimum Gasteiger partial charge on any atom is -0.508 e. The molecule has 0 radical (unpaired) electrons. The van der Waals surface area contributed by atoms with Gasteiger partial charge in [0.25, 0.3) is 0 Å². The number of rotatable bonds is 7. The number of hydrogen-bond donors (Lipinski definition) is 1. The minimum absolute atomic E-state index is 0.198. The lowest BCUT2D eigenvalue weighted by atomic mass is 10.0.